The fourth-order valence-corrected chi connectivity index (χ4v) is 4.04. The maximum Gasteiger partial charge on any atom is 0.338 e. The van der Waals surface area contributed by atoms with Crippen molar-refractivity contribution in [3.8, 4) is 11.5 Å². The predicted molar refractivity (Wildman–Crippen MR) is 150 cm³/mol. The smallest absolute Gasteiger partial charge is 0.338 e. The van der Waals surface area contributed by atoms with Crippen molar-refractivity contribution in [1.29, 1.82) is 0 Å². The predicted octanol–water partition coefficient (Wildman–Crippen LogP) is 4.96. The van der Waals surface area contributed by atoms with Gasteiger partial charge in [0.05, 0.1) is 37.3 Å². The van der Waals surface area contributed by atoms with Gasteiger partial charge in [-0.2, -0.15) is 0 Å². The SMILES string of the molecule is COc1ccc(OC)c(NC(=O)c2ccc(NC3=C(Cl)C(=O)N(c4ccc(C(=O)OC(C)C)cc4)C3=O)cc2)c1. The van der Waals surface area contributed by atoms with Crippen LogP contribution in [0.5, 0.6) is 11.5 Å². The molecule has 0 aromatic heterocycles. The number of imide groups is 1. The first kappa shape index (κ1) is 28.2. The highest BCUT2D eigenvalue weighted by Gasteiger charge is 2.39. The Kier molecular flexibility index (Phi) is 8.40. The molecule has 0 saturated carbocycles. The molecule has 3 aromatic rings. The molecule has 0 bridgehead atoms. The summed E-state index contributed by atoms with van der Waals surface area (Å²) >= 11 is 6.23. The Hall–Kier alpha value is -4.83. The summed E-state index contributed by atoms with van der Waals surface area (Å²) in [6.07, 6.45) is -0.287. The summed E-state index contributed by atoms with van der Waals surface area (Å²) in [6.45, 7) is 3.47. The van der Waals surface area contributed by atoms with Crippen LogP contribution in [0, 0.1) is 0 Å². The third-order valence-electron chi connectivity index (χ3n) is 5.80. The molecule has 0 saturated heterocycles. The molecule has 1 aliphatic rings. The van der Waals surface area contributed by atoms with Gasteiger partial charge in [-0.25, -0.2) is 9.69 Å². The molecule has 40 heavy (non-hydrogen) atoms. The van der Waals surface area contributed by atoms with Gasteiger partial charge >= 0.3 is 5.97 Å². The van der Waals surface area contributed by atoms with Crippen LogP contribution < -0.4 is 25.0 Å². The van der Waals surface area contributed by atoms with Crippen molar-refractivity contribution in [2.75, 3.05) is 29.8 Å². The molecule has 0 spiro atoms. The number of amides is 3. The normalized spacial score (nSPS) is 13.0. The average molecular weight is 564 g/mol. The molecule has 2 N–H and O–H groups in total. The van der Waals surface area contributed by atoms with Crippen LogP contribution in [0.15, 0.2) is 77.5 Å². The largest absolute Gasteiger partial charge is 0.497 e. The summed E-state index contributed by atoms with van der Waals surface area (Å²) < 4.78 is 15.7. The Labute approximate surface area is 235 Å². The molecular weight excluding hydrogens is 538 g/mol. The third kappa shape index (κ3) is 5.92. The van der Waals surface area contributed by atoms with Crippen LogP contribution in [0.25, 0.3) is 0 Å². The number of halogens is 1. The van der Waals surface area contributed by atoms with Gasteiger partial charge in [-0.3, -0.25) is 14.4 Å². The summed E-state index contributed by atoms with van der Waals surface area (Å²) in [5.41, 5.74) is 1.61. The average Bonchev–Trinajstić information content (AvgIpc) is 3.15. The Morgan fingerprint density at radius 2 is 1.50 bits per heavy atom. The summed E-state index contributed by atoms with van der Waals surface area (Å²) in [7, 11) is 3.01. The van der Waals surface area contributed by atoms with Crippen LogP contribution in [-0.2, 0) is 14.3 Å². The molecule has 0 atom stereocenters. The van der Waals surface area contributed by atoms with Crippen molar-refractivity contribution in [2.45, 2.75) is 20.0 Å². The zero-order valence-electron chi connectivity index (χ0n) is 22.1. The minimum atomic E-state index is -0.713. The first-order chi connectivity index (χ1) is 19.1. The molecule has 3 amide bonds. The maximum atomic E-state index is 13.1. The van der Waals surface area contributed by atoms with E-state index in [1.807, 2.05) is 0 Å². The first-order valence-electron chi connectivity index (χ1n) is 12.1. The molecular formula is C29H26ClN3O7. The molecule has 10 nitrogen and oxygen atoms in total. The van der Waals surface area contributed by atoms with E-state index in [0.29, 0.717) is 28.4 Å². The third-order valence-corrected chi connectivity index (χ3v) is 6.15. The van der Waals surface area contributed by atoms with E-state index in [1.165, 1.54) is 38.5 Å². The number of ether oxygens (including phenoxy) is 3. The van der Waals surface area contributed by atoms with Gasteiger partial charge in [-0.05, 0) is 74.5 Å². The summed E-state index contributed by atoms with van der Waals surface area (Å²) in [6, 6.07) is 17.1. The fourth-order valence-electron chi connectivity index (χ4n) is 3.83. The van der Waals surface area contributed by atoms with Crippen molar-refractivity contribution in [2.24, 2.45) is 0 Å². The first-order valence-corrected chi connectivity index (χ1v) is 12.5. The highest BCUT2D eigenvalue weighted by atomic mass is 35.5. The van der Waals surface area contributed by atoms with Gasteiger partial charge in [0.2, 0.25) is 0 Å². The van der Waals surface area contributed by atoms with Crippen LogP contribution in [0.2, 0.25) is 0 Å². The lowest BCUT2D eigenvalue weighted by Gasteiger charge is -2.16. The standard InChI is InChI=1S/C29H26ClN3O7/c1-16(2)40-29(37)18-7-11-20(12-8-18)33-27(35)24(30)25(28(33)36)31-19-9-5-17(6-10-19)26(34)32-22-15-21(38-3)13-14-23(22)39-4/h5-16,31H,1-4H3,(H,32,34). The maximum absolute atomic E-state index is 13.1. The van der Waals surface area contributed by atoms with Gasteiger partial charge in [0.25, 0.3) is 17.7 Å². The lowest BCUT2D eigenvalue weighted by molar-refractivity contribution is -0.120. The van der Waals surface area contributed by atoms with Crippen LogP contribution in [0.4, 0.5) is 17.1 Å². The number of benzene rings is 3. The van der Waals surface area contributed by atoms with Crippen LogP contribution in [0.3, 0.4) is 0 Å². The van der Waals surface area contributed by atoms with E-state index in [1.54, 1.807) is 56.3 Å². The molecule has 1 aliphatic heterocycles. The van der Waals surface area contributed by atoms with E-state index in [0.717, 1.165) is 4.90 Å². The second kappa shape index (κ2) is 11.9. The van der Waals surface area contributed by atoms with Gasteiger partial charge in [-0.15, -0.1) is 0 Å². The number of nitrogens with one attached hydrogen (secondary N) is 2. The molecule has 0 aliphatic carbocycles. The molecule has 4 rings (SSSR count). The zero-order valence-corrected chi connectivity index (χ0v) is 22.9. The van der Waals surface area contributed by atoms with E-state index in [4.69, 9.17) is 25.8 Å². The van der Waals surface area contributed by atoms with Gasteiger partial charge in [-0.1, -0.05) is 11.6 Å². The highest BCUT2D eigenvalue weighted by Crippen LogP contribution is 2.31. The second-order valence-electron chi connectivity index (χ2n) is 8.86. The van der Waals surface area contributed by atoms with Crippen molar-refractivity contribution in [3.05, 3.63) is 88.6 Å². The van der Waals surface area contributed by atoms with Crippen LogP contribution in [-0.4, -0.2) is 44.0 Å². The zero-order chi connectivity index (χ0) is 29.0. The monoisotopic (exact) mass is 563 g/mol. The van der Waals surface area contributed by atoms with E-state index in [2.05, 4.69) is 10.6 Å². The van der Waals surface area contributed by atoms with E-state index < -0.39 is 23.7 Å². The number of hydrogen-bond acceptors (Lipinski definition) is 8. The summed E-state index contributed by atoms with van der Waals surface area (Å²) in [4.78, 5) is 51.7. The Bertz CT molecular complexity index is 1500. The van der Waals surface area contributed by atoms with Crippen molar-refractivity contribution in [1.82, 2.24) is 0 Å². The van der Waals surface area contributed by atoms with E-state index in [-0.39, 0.29) is 28.1 Å². The minimum Gasteiger partial charge on any atom is -0.497 e. The molecule has 206 valence electrons. The van der Waals surface area contributed by atoms with Crippen molar-refractivity contribution in [3.63, 3.8) is 0 Å². The van der Waals surface area contributed by atoms with Crippen molar-refractivity contribution < 1.29 is 33.4 Å². The number of carbonyl (C=O) groups excluding carboxylic acids is 4. The van der Waals surface area contributed by atoms with Gasteiger partial charge in [0.1, 0.15) is 22.2 Å². The summed E-state index contributed by atoms with van der Waals surface area (Å²) in [5, 5.41) is 5.35. The molecule has 3 aromatic carbocycles. The van der Waals surface area contributed by atoms with Crippen molar-refractivity contribution >= 4 is 52.4 Å². The van der Waals surface area contributed by atoms with Gasteiger partial charge in [0, 0.05) is 17.3 Å². The Morgan fingerprint density at radius 3 is 2.10 bits per heavy atom. The molecule has 11 heteroatoms. The van der Waals surface area contributed by atoms with Crippen LogP contribution in [0.1, 0.15) is 34.6 Å². The number of nitrogens with zero attached hydrogens (tertiary/aromatic N) is 1. The van der Waals surface area contributed by atoms with E-state index >= 15 is 0 Å². The highest BCUT2D eigenvalue weighted by molar-refractivity contribution is 6.53. The number of rotatable bonds is 9. The fraction of sp³-hybridized carbons (Fsp3) is 0.172. The Morgan fingerprint density at radius 1 is 0.850 bits per heavy atom. The van der Waals surface area contributed by atoms with Gasteiger partial charge < -0.3 is 24.8 Å². The molecule has 0 fully saturated rings. The quantitative estimate of drug-likeness (QED) is 0.277. The van der Waals surface area contributed by atoms with Gasteiger partial charge in [0.15, 0.2) is 0 Å². The van der Waals surface area contributed by atoms with E-state index in [9.17, 15) is 19.2 Å². The lowest BCUT2D eigenvalue weighted by Crippen LogP contribution is -2.32. The number of carbonyl (C=O) groups is 4. The minimum absolute atomic E-state index is 0.117. The number of anilines is 3. The number of methoxy groups -OCH3 is 2. The summed E-state index contributed by atoms with van der Waals surface area (Å²) in [5.74, 6) is -1.27. The number of hydrogen-bond donors (Lipinski definition) is 2. The lowest BCUT2D eigenvalue weighted by atomic mass is 10.1. The number of esters is 1. The molecule has 1 heterocycles. The molecule has 0 unspecified atom stereocenters. The molecule has 0 radical (unpaired) electrons. The van der Waals surface area contributed by atoms with Crippen LogP contribution >= 0.6 is 11.6 Å². The topological polar surface area (TPSA) is 123 Å². The Balaban J connectivity index is 1.45. The second-order valence-corrected chi connectivity index (χ2v) is 9.24.